The average Bonchev–Trinajstić information content (AvgIpc) is 2.63. The van der Waals surface area contributed by atoms with Crippen LogP contribution in [0.4, 0.5) is 4.79 Å². The van der Waals surface area contributed by atoms with E-state index in [1.807, 2.05) is 61.5 Å². The molecule has 2 aromatic rings. The molecule has 1 N–H and O–H groups in total. The first-order valence-electron chi connectivity index (χ1n) is 7.90. The zero-order valence-electron chi connectivity index (χ0n) is 14.3. The van der Waals surface area contributed by atoms with Crippen molar-refractivity contribution in [3.63, 3.8) is 0 Å². The quantitative estimate of drug-likeness (QED) is 0.646. The number of amides is 1. The topological polar surface area (TPSA) is 64.6 Å². The summed E-state index contributed by atoms with van der Waals surface area (Å²) < 4.78 is 9.84. The Bertz CT molecular complexity index is 753. The standard InChI is InChI=1S/C20H21NO4/c1-15-7-6-10-16(13-15)11-12-18(19(22)24-2)21-20(23)25-14-17-8-4-3-5-9-17/h3-10,12-13H,11,14H2,1-2H3,(H,21,23)/b18-12+. The lowest BCUT2D eigenvalue weighted by Crippen LogP contribution is -2.28. The molecule has 0 heterocycles. The van der Waals surface area contributed by atoms with Crippen LogP contribution >= 0.6 is 0 Å². The van der Waals surface area contributed by atoms with Crippen molar-refractivity contribution in [2.45, 2.75) is 20.0 Å². The molecule has 0 unspecified atom stereocenters. The van der Waals surface area contributed by atoms with Crippen molar-refractivity contribution in [1.82, 2.24) is 5.32 Å². The van der Waals surface area contributed by atoms with Gasteiger partial charge in [-0.2, -0.15) is 0 Å². The molecule has 0 spiro atoms. The van der Waals surface area contributed by atoms with Gasteiger partial charge in [0.05, 0.1) is 7.11 Å². The van der Waals surface area contributed by atoms with Crippen molar-refractivity contribution in [1.29, 1.82) is 0 Å². The van der Waals surface area contributed by atoms with Crippen LogP contribution in [-0.2, 0) is 27.3 Å². The molecule has 0 aliphatic rings. The van der Waals surface area contributed by atoms with Gasteiger partial charge in [-0.15, -0.1) is 0 Å². The highest BCUT2D eigenvalue weighted by Gasteiger charge is 2.14. The van der Waals surface area contributed by atoms with E-state index in [1.54, 1.807) is 6.08 Å². The van der Waals surface area contributed by atoms with Crippen LogP contribution in [0.5, 0.6) is 0 Å². The summed E-state index contributed by atoms with van der Waals surface area (Å²) >= 11 is 0. The zero-order valence-corrected chi connectivity index (χ0v) is 14.3. The first-order chi connectivity index (χ1) is 12.1. The minimum atomic E-state index is -0.704. The smallest absolute Gasteiger partial charge is 0.412 e. The molecule has 0 saturated heterocycles. The lowest BCUT2D eigenvalue weighted by molar-refractivity contribution is -0.136. The highest BCUT2D eigenvalue weighted by Crippen LogP contribution is 2.07. The molecule has 1 amide bonds. The molecular formula is C20H21NO4. The summed E-state index contributed by atoms with van der Waals surface area (Å²) in [7, 11) is 1.26. The van der Waals surface area contributed by atoms with Crippen LogP contribution in [0.15, 0.2) is 66.4 Å². The predicted molar refractivity (Wildman–Crippen MR) is 94.7 cm³/mol. The number of hydrogen-bond acceptors (Lipinski definition) is 4. The summed E-state index contributed by atoms with van der Waals surface area (Å²) in [5.41, 5.74) is 3.07. The SMILES string of the molecule is COC(=O)/C(=C\Cc1cccc(C)c1)NC(=O)OCc1ccccc1. The fourth-order valence-corrected chi connectivity index (χ4v) is 2.22. The molecule has 0 bridgehead atoms. The number of nitrogens with one attached hydrogen (secondary N) is 1. The number of benzene rings is 2. The van der Waals surface area contributed by atoms with Gasteiger partial charge in [0.25, 0.3) is 0 Å². The van der Waals surface area contributed by atoms with Gasteiger partial charge >= 0.3 is 12.1 Å². The lowest BCUT2D eigenvalue weighted by Gasteiger charge is -2.09. The van der Waals surface area contributed by atoms with E-state index in [-0.39, 0.29) is 12.3 Å². The summed E-state index contributed by atoms with van der Waals surface area (Å²) in [6, 6.07) is 17.2. The molecule has 25 heavy (non-hydrogen) atoms. The molecule has 2 aromatic carbocycles. The highest BCUT2D eigenvalue weighted by molar-refractivity contribution is 5.92. The molecule has 2 rings (SSSR count). The van der Waals surface area contributed by atoms with Crippen molar-refractivity contribution in [3.8, 4) is 0 Å². The number of hydrogen-bond donors (Lipinski definition) is 1. The van der Waals surface area contributed by atoms with Crippen LogP contribution in [0.1, 0.15) is 16.7 Å². The Morgan fingerprint density at radius 2 is 1.76 bits per heavy atom. The summed E-state index contributed by atoms with van der Waals surface area (Å²) in [6.45, 7) is 2.12. The van der Waals surface area contributed by atoms with E-state index in [0.717, 1.165) is 16.7 Å². The molecule has 130 valence electrons. The second kappa shape index (κ2) is 9.27. The van der Waals surface area contributed by atoms with Gasteiger partial charge in [-0.1, -0.05) is 60.2 Å². The fourth-order valence-electron chi connectivity index (χ4n) is 2.22. The molecule has 0 aliphatic carbocycles. The van der Waals surface area contributed by atoms with Crippen LogP contribution in [0.25, 0.3) is 0 Å². The fraction of sp³-hybridized carbons (Fsp3) is 0.200. The van der Waals surface area contributed by atoms with Crippen LogP contribution in [0.3, 0.4) is 0 Å². The average molecular weight is 339 g/mol. The molecule has 0 saturated carbocycles. The van der Waals surface area contributed by atoms with Crippen LogP contribution in [-0.4, -0.2) is 19.2 Å². The number of ether oxygens (including phenoxy) is 2. The van der Waals surface area contributed by atoms with Crippen molar-refractivity contribution in [3.05, 3.63) is 83.1 Å². The maximum atomic E-state index is 11.9. The zero-order chi connectivity index (χ0) is 18.1. The molecular weight excluding hydrogens is 318 g/mol. The van der Waals surface area contributed by atoms with E-state index in [0.29, 0.717) is 6.42 Å². The van der Waals surface area contributed by atoms with Crippen LogP contribution < -0.4 is 5.32 Å². The Kier molecular flexibility index (Phi) is 6.77. The minimum absolute atomic E-state index is 0.0575. The van der Waals surface area contributed by atoms with Gasteiger partial charge in [-0.25, -0.2) is 9.59 Å². The molecule has 0 aliphatic heterocycles. The van der Waals surface area contributed by atoms with E-state index >= 15 is 0 Å². The predicted octanol–water partition coefficient (Wildman–Crippen LogP) is 3.52. The van der Waals surface area contributed by atoms with Gasteiger partial charge in [-0.3, -0.25) is 5.32 Å². The number of carbonyl (C=O) groups is 2. The summed E-state index contributed by atoms with van der Waals surface area (Å²) in [6.07, 6.45) is 1.40. The Labute approximate surface area is 147 Å². The van der Waals surface area contributed by atoms with Crippen LogP contribution in [0, 0.1) is 6.92 Å². The largest absolute Gasteiger partial charge is 0.464 e. The summed E-state index contributed by atoms with van der Waals surface area (Å²) in [5.74, 6) is -0.621. The van der Waals surface area contributed by atoms with Crippen molar-refractivity contribution >= 4 is 12.1 Å². The highest BCUT2D eigenvalue weighted by atomic mass is 16.6. The Morgan fingerprint density at radius 3 is 2.44 bits per heavy atom. The monoisotopic (exact) mass is 339 g/mol. The Hall–Kier alpha value is -3.08. The van der Waals surface area contributed by atoms with E-state index in [1.165, 1.54) is 7.11 Å². The molecule has 0 fully saturated rings. The maximum absolute atomic E-state index is 11.9. The van der Waals surface area contributed by atoms with Crippen molar-refractivity contribution in [2.75, 3.05) is 7.11 Å². The van der Waals surface area contributed by atoms with E-state index in [4.69, 9.17) is 9.47 Å². The summed E-state index contributed by atoms with van der Waals surface area (Å²) in [5, 5.41) is 2.45. The molecule has 5 heteroatoms. The van der Waals surface area contributed by atoms with Gasteiger partial charge in [-0.05, 0) is 30.5 Å². The molecule has 0 atom stereocenters. The van der Waals surface area contributed by atoms with Gasteiger partial charge in [0, 0.05) is 0 Å². The maximum Gasteiger partial charge on any atom is 0.412 e. The number of carbonyl (C=O) groups excluding carboxylic acids is 2. The molecule has 0 aromatic heterocycles. The van der Waals surface area contributed by atoms with Gasteiger partial charge in [0.1, 0.15) is 12.3 Å². The number of rotatable bonds is 6. The van der Waals surface area contributed by atoms with Crippen molar-refractivity contribution in [2.24, 2.45) is 0 Å². The number of aryl methyl sites for hydroxylation is 1. The van der Waals surface area contributed by atoms with E-state index in [2.05, 4.69) is 5.32 Å². The Morgan fingerprint density at radius 1 is 1.04 bits per heavy atom. The first kappa shape index (κ1) is 18.3. The number of allylic oxidation sites excluding steroid dienone is 1. The lowest BCUT2D eigenvalue weighted by atomic mass is 10.1. The van der Waals surface area contributed by atoms with Gasteiger partial charge in [0.2, 0.25) is 0 Å². The number of alkyl carbamates (subject to hydrolysis) is 1. The third-order valence-corrected chi connectivity index (χ3v) is 3.48. The summed E-state index contributed by atoms with van der Waals surface area (Å²) in [4.78, 5) is 23.8. The van der Waals surface area contributed by atoms with E-state index in [9.17, 15) is 9.59 Å². The van der Waals surface area contributed by atoms with Gasteiger partial charge < -0.3 is 9.47 Å². The first-order valence-corrected chi connectivity index (χ1v) is 7.90. The molecule has 5 nitrogen and oxygen atoms in total. The minimum Gasteiger partial charge on any atom is -0.464 e. The third kappa shape index (κ3) is 6.14. The normalized spacial score (nSPS) is 10.9. The van der Waals surface area contributed by atoms with Gasteiger partial charge in [0.15, 0.2) is 0 Å². The molecule has 0 radical (unpaired) electrons. The van der Waals surface area contributed by atoms with Crippen LogP contribution in [0.2, 0.25) is 0 Å². The Balaban J connectivity index is 1.98. The second-order valence-corrected chi connectivity index (χ2v) is 5.49. The second-order valence-electron chi connectivity index (χ2n) is 5.49. The van der Waals surface area contributed by atoms with Crippen molar-refractivity contribution < 1.29 is 19.1 Å². The third-order valence-electron chi connectivity index (χ3n) is 3.48. The number of esters is 1. The number of methoxy groups -OCH3 is 1. The van der Waals surface area contributed by atoms with E-state index < -0.39 is 12.1 Å².